The van der Waals surface area contributed by atoms with Gasteiger partial charge >= 0.3 is 0 Å². The Labute approximate surface area is 185 Å². The van der Waals surface area contributed by atoms with Gasteiger partial charge in [-0.05, 0) is 43.9 Å². The molecule has 0 spiro atoms. The molecule has 0 aliphatic rings. The van der Waals surface area contributed by atoms with E-state index in [9.17, 15) is 9.59 Å². The van der Waals surface area contributed by atoms with Crippen LogP contribution in [0.2, 0.25) is 0 Å². The Balaban J connectivity index is 2.15. The highest BCUT2D eigenvalue weighted by Gasteiger charge is 2.29. The topological polar surface area (TPSA) is 67.9 Å². The molecule has 0 saturated heterocycles. The number of nitrogens with one attached hydrogen (secondary N) is 1. The predicted octanol–water partition coefficient (Wildman–Crippen LogP) is 3.84. The fraction of sp³-hybridized carbons (Fsp3) is 0.440. The molecule has 0 saturated carbocycles. The lowest BCUT2D eigenvalue weighted by Crippen LogP contribution is -2.52. The van der Waals surface area contributed by atoms with E-state index in [0.29, 0.717) is 30.9 Å². The Morgan fingerprint density at radius 2 is 1.61 bits per heavy atom. The van der Waals surface area contributed by atoms with E-state index in [4.69, 9.17) is 9.47 Å². The first kappa shape index (κ1) is 24.3. The van der Waals surface area contributed by atoms with E-state index in [1.165, 1.54) is 0 Å². The molecule has 31 heavy (non-hydrogen) atoms. The second kappa shape index (κ2) is 12.6. The van der Waals surface area contributed by atoms with Crippen LogP contribution in [0.3, 0.4) is 0 Å². The molecule has 2 rings (SSSR count). The normalized spacial score (nSPS) is 12.5. The zero-order valence-electron chi connectivity index (χ0n) is 19.0. The first-order valence-electron chi connectivity index (χ1n) is 10.9. The molecule has 2 aromatic rings. The van der Waals surface area contributed by atoms with E-state index in [1.807, 2.05) is 63.2 Å². The van der Waals surface area contributed by atoms with Crippen molar-refractivity contribution in [1.82, 2.24) is 10.2 Å². The summed E-state index contributed by atoms with van der Waals surface area (Å²) < 4.78 is 11.0. The van der Waals surface area contributed by atoms with Gasteiger partial charge in [-0.25, -0.2) is 0 Å². The van der Waals surface area contributed by atoms with Crippen molar-refractivity contribution >= 4 is 11.8 Å². The van der Waals surface area contributed by atoms with E-state index in [1.54, 1.807) is 24.1 Å². The zero-order chi connectivity index (χ0) is 22.6. The van der Waals surface area contributed by atoms with Gasteiger partial charge < -0.3 is 19.7 Å². The quantitative estimate of drug-likeness (QED) is 0.560. The Hall–Kier alpha value is -3.02. The Kier molecular flexibility index (Phi) is 9.88. The molecule has 6 nitrogen and oxygen atoms in total. The lowest BCUT2D eigenvalue weighted by Gasteiger charge is -2.31. The summed E-state index contributed by atoms with van der Waals surface area (Å²) in [6.07, 6.45) is 2.02. The van der Waals surface area contributed by atoms with Crippen LogP contribution in [0.4, 0.5) is 0 Å². The standard InChI is InChI=1S/C25H34N2O4/c1-5-19(3)26-25(29)21(6-2)27(17-16-20-12-8-7-9-13-20)24(28)18-31-23-15-11-10-14-22(23)30-4/h7-15,19,21H,5-6,16-18H2,1-4H3,(H,26,29)/t19-,21+/m0/s1. The number of rotatable bonds is 12. The van der Waals surface area contributed by atoms with Gasteiger partial charge in [-0.2, -0.15) is 0 Å². The van der Waals surface area contributed by atoms with Gasteiger partial charge in [-0.15, -0.1) is 0 Å². The molecular formula is C25H34N2O4. The molecule has 0 bridgehead atoms. The van der Waals surface area contributed by atoms with E-state index < -0.39 is 6.04 Å². The van der Waals surface area contributed by atoms with E-state index in [2.05, 4.69) is 5.32 Å². The minimum Gasteiger partial charge on any atom is -0.493 e. The number of carbonyl (C=O) groups is 2. The molecule has 0 aliphatic heterocycles. The first-order chi connectivity index (χ1) is 15.0. The predicted molar refractivity (Wildman–Crippen MR) is 122 cm³/mol. The number of nitrogens with zero attached hydrogens (tertiary/aromatic N) is 1. The Morgan fingerprint density at radius 3 is 2.23 bits per heavy atom. The average Bonchev–Trinajstić information content (AvgIpc) is 2.80. The molecular weight excluding hydrogens is 392 g/mol. The molecule has 0 radical (unpaired) electrons. The van der Waals surface area contributed by atoms with Crippen LogP contribution < -0.4 is 14.8 Å². The number of methoxy groups -OCH3 is 1. The van der Waals surface area contributed by atoms with Gasteiger partial charge in [0.15, 0.2) is 18.1 Å². The highest BCUT2D eigenvalue weighted by atomic mass is 16.5. The lowest BCUT2D eigenvalue weighted by molar-refractivity contribution is -0.142. The molecule has 2 atom stereocenters. The Morgan fingerprint density at radius 1 is 0.968 bits per heavy atom. The van der Waals surface area contributed by atoms with Crippen molar-refractivity contribution in [2.45, 2.75) is 52.1 Å². The van der Waals surface area contributed by atoms with Gasteiger partial charge in [0.2, 0.25) is 5.91 Å². The number of benzene rings is 2. The van der Waals surface area contributed by atoms with Crippen LogP contribution in [-0.4, -0.2) is 49.1 Å². The number of para-hydroxylation sites is 2. The van der Waals surface area contributed by atoms with Crippen LogP contribution in [-0.2, 0) is 16.0 Å². The molecule has 6 heteroatoms. The zero-order valence-corrected chi connectivity index (χ0v) is 19.0. The van der Waals surface area contributed by atoms with Gasteiger partial charge in [0, 0.05) is 12.6 Å². The molecule has 1 N–H and O–H groups in total. The summed E-state index contributed by atoms with van der Waals surface area (Å²) in [6, 6.07) is 16.6. The SMILES string of the molecule is CC[C@H](C(=O)N[C@@H](C)CC)N(CCc1ccccc1)C(=O)COc1ccccc1OC. The van der Waals surface area contributed by atoms with Gasteiger partial charge in [0.1, 0.15) is 6.04 Å². The van der Waals surface area contributed by atoms with Crippen molar-refractivity contribution in [3.05, 3.63) is 60.2 Å². The number of hydrogen-bond donors (Lipinski definition) is 1. The van der Waals surface area contributed by atoms with Crippen LogP contribution in [0.5, 0.6) is 11.5 Å². The number of hydrogen-bond acceptors (Lipinski definition) is 4. The molecule has 168 valence electrons. The minimum atomic E-state index is -0.550. The van der Waals surface area contributed by atoms with Gasteiger partial charge in [0.25, 0.3) is 5.91 Å². The maximum atomic E-state index is 13.2. The summed E-state index contributed by atoms with van der Waals surface area (Å²) in [4.78, 5) is 27.7. The van der Waals surface area contributed by atoms with Crippen LogP contribution >= 0.6 is 0 Å². The highest BCUT2D eigenvalue weighted by Crippen LogP contribution is 2.25. The molecule has 0 aromatic heterocycles. The summed E-state index contributed by atoms with van der Waals surface area (Å²) in [7, 11) is 1.56. The van der Waals surface area contributed by atoms with Gasteiger partial charge in [-0.1, -0.05) is 56.3 Å². The third kappa shape index (κ3) is 7.31. The molecule has 0 fully saturated rings. The van der Waals surface area contributed by atoms with E-state index >= 15 is 0 Å². The third-order valence-electron chi connectivity index (χ3n) is 5.29. The highest BCUT2D eigenvalue weighted by molar-refractivity contribution is 5.88. The van der Waals surface area contributed by atoms with Crippen molar-refractivity contribution in [3.8, 4) is 11.5 Å². The summed E-state index contributed by atoms with van der Waals surface area (Å²) in [5.74, 6) is 0.703. The average molecular weight is 427 g/mol. The fourth-order valence-corrected chi connectivity index (χ4v) is 3.30. The van der Waals surface area contributed by atoms with Crippen molar-refractivity contribution in [2.75, 3.05) is 20.3 Å². The summed E-state index contributed by atoms with van der Waals surface area (Å²) in [5, 5.41) is 3.01. The number of ether oxygens (including phenoxy) is 2. The summed E-state index contributed by atoms with van der Waals surface area (Å²) >= 11 is 0. The minimum absolute atomic E-state index is 0.0532. The molecule has 0 aliphatic carbocycles. The first-order valence-corrected chi connectivity index (χ1v) is 10.9. The largest absolute Gasteiger partial charge is 0.493 e. The summed E-state index contributed by atoms with van der Waals surface area (Å²) in [6.45, 7) is 6.18. The number of carbonyl (C=O) groups excluding carboxylic acids is 2. The molecule has 0 heterocycles. The van der Waals surface area contributed by atoms with Crippen molar-refractivity contribution in [1.29, 1.82) is 0 Å². The van der Waals surface area contributed by atoms with Crippen LogP contribution in [0, 0.1) is 0 Å². The molecule has 0 unspecified atom stereocenters. The van der Waals surface area contributed by atoms with Crippen molar-refractivity contribution in [2.24, 2.45) is 0 Å². The second-order valence-electron chi connectivity index (χ2n) is 7.50. The van der Waals surface area contributed by atoms with Crippen molar-refractivity contribution in [3.63, 3.8) is 0 Å². The Bertz CT molecular complexity index is 825. The summed E-state index contributed by atoms with van der Waals surface area (Å²) in [5.41, 5.74) is 1.11. The monoisotopic (exact) mass is 426 g/mol. The smallest absolute Gasteiger partial charge is 0.261 e. The van der Waals surface area contributed by atoms with E-state index in [-0.39, 0.29) is 24.5 Å². The van der Waals surface area contributed by atoms with Crippen LogP contribution in [0.25, 0.3) is 0 Å². The maximum Gasteiger partial charge on any atom is 0.261 e. The second-order valence-corrected chi connectivity index (χ2v) is 7.50. The van der Waals surface area contributed by atoms with Gasteiger partial charge in [-0.3, -0.25) is 9.59 Å². The van der Waals surface area contributed by atoms with E-state index in [0.717, 1.165) is 12.0 Å². The van der Waals surface area contributed by atoms with Crippen molar-refractivity contribution < 1.29 is 19.1 Å². The van der Waals surface area contributed by atoms with Crippen LogP contribution in [0.15, 0.2) is 54.6 Å². The van der Waals surface area contributed by atoms with Crippen LogP contribution in [0.1, 0.15) is 39.2 Å². The third-order valence-corrected chi connectivity index (χ3v) is 5.29. The molecule has 2 aromatic carbocycles. The maximum absolute atomic E-state index is 13.2. The molecule has 2 amide bonds. The fourth-order valence-electron chi connectivity index (χ4n) is 3.30. The number of amides is 2. The van der Waals surface area contributed by atoms with Gasteiger partial charge in [0.05, 0.1) is 7.11 Å². The lowest BCUT2D eigenvalue weighted by atomic mass is 10.1.